The summed E-state index contributed by atoms with van der Waals surface area (Å²) >= 11 is 0. The van der Waals surface area contributed by atoms with E-state index in [4.69, 9.17) is 0 Å². The Hall–Kier alpha value is -3.15. The van der Waals surface area contributed by atoms with Gasteiger partial charge in [0, 0.05) is 6.54 Å². The Bertz CT molecular complexity index is 802. The molecule has 0 fully saturated rings. The van der Waals surface area contributed by atoms with E-state index in [-0.39, 0.29) is 12.1 Å². The van der Waals surface area contributed by atoms with Crippen LogP contribution in [0.4, 0.5) is 4.79 Å². The zero-order valence-electron chi connectivity index (χ0n) is 14.1. The minimum absolute atomic E-state index is 0.0418. The third kappa shape index (κ3) is 4.91. The van der Waals surface area contributed by atoms with Crippen molar-refractivity contribution in [1.29, 1.82) is 0 Å². The predicted octanol–water partition coefficient (Wildman–Crippen LogP) is 2.89. The van der Waals surface area contributed by atoms with Gasteiger partial charge in [-0.05, 0) is 23.6 Å². The molecule has 128 valence electrons. The van der Waals surface area contributed by atoms with E-state index in [0.29, 0.717) is 13.1 Å². The molecule has 0 bridgehead atoms. The number of amides is 2. The number of rotatable bonds is 6. The largest absolute Gasteiger partial charge is 0.334 e. The summed E-state index contributed by atoms with van der Waals surface area (Å²) in [6, 6.07) is 17.7. The van der Waals surface area contributed by atoms with E-state index in [1.807, 2.05) is 55.5 Å². The van der Waals surface area contributed by atoms with Gasteiger partial charge in [-0.15, -0.1) is 0 Å². The molecule has 1 aromatic heterocycles. The molecule has 2 aromatic carbocycles. The highest BCUT2D eigenvalue weighted by Gasteiger charge is 2.08. The Morgan fingerprint density at radius 3 is 2.68 bits per heavy atom. The molecule has 6 nitrogen and oxygen atoms in total. The van der Waals surface area contributed by atoms with Crippen LogP contribution in [0.15, 0.2) is 67.3 Å². The Labute approximate surface area is 146 Å². The Balaban J connectivity index is 1.52. The predicted molar refractivity (Wildman–Crippen MR) is 95.8 cm³/mol. The zero-order valence-corrected chi connectivity index (χ0v) is 14.1. The fourth-order valence-corrected chi connectivity index (χ4v) is 2.59. The van der Waals surface area contributed by atoms with Crippen LogP contribution in [0.5, 0.6) is 0 Å². The van der Waals surface area contributed by atoms with E-state index < -0.39 is 0 Å². The van der Waals surface area contributed by atoms with Crippen molar-refractivity contribution in [2.45, 2.75) is 26.1 Å². The number of aromatic nitrogens is 3. The van der Waals surface area contributed by atoms with Gasteiger partial charge in [0.05, 0.1) is 12.6 Å². The smallest absolute Gasteiger partial charge is 0.315 e. The average Bonchev–Trinajstić information content (AvgIpc) is 3.14. The van der Waals surface area contributed by atoms with Crippen molar-refractivity contribution in [3.05, 3.63) is 83.9 Å². The zero-order chi connectivity index (χ0) is 17.5. The van der Waals surface area contributed by atoms with Gasteiger partial charge in [-0.3, -0.25) is 0 Å². The number of nitrogens with one attached hydrogen (secondary N) is 2. The van der Waals surface area contributed by atoms with Crippen LogP contribution in [0.2, 0.25) is 0 Å². The van der Waals surface area contributed by atoms with Gasteiger partial charge in [-0.1, -0.05) is 54.6 Å². The van der Waals surface area contributed by atoms with E-state index in [9.17, 15) is 4.79 Å². The van der Waals surface area contributed by atoms with Crippen molar-refractivity contribution in [3.8, 4) is 0 Å². The van der Waals surface area contributed by atoms with Gasteiger partial charge in [0.1, 0.15) is 12.7 Å². The summed E-state index contributed by atoms with van der Waals surface area (Å²) in [5, 5.41) is 9.95. The fraction of sp³-hybridized carbons (Fsp3) is 0.211. The van der Waals surface area contributed by atoms with Gasteiger partial charge >= 0.3 is 6.03 Å². The summed E-state index contributed by atoms with van der Waals surface area (Å²) in [6.45, 7) is 3.09. The monoisotopic (exact) mass is 335 g/mol. The summed E-state index contributed by atoms with van der Waals surface area (Å²) < 4.78 is 1.76. The molecule has 0 aliphatic carbocycles. The van der Waals surface area contributed by atoms with Gasteiger partial charge in [-0.2, -0.15) is 5.10 Å². The number of nitrogens with zero attached hydrogens (tertiary/aromatic N) is 3. The molecule has 2 N–H and O–H groups in total. The summed E-state index contributed by atoms with van der Waals surface area (Å²) in [6.07, 6.45) is 3.20. The Morgan fingerprint density at radius 2 is 1.92 bits per heavy atom. The van der Waals surface area contributed by atoms with Crippen LogP contribution in [0.3, 0.4) is 0 Å². The molecule has 0 saturated carbocycles. The molecular formula is C19H21N5O. The number of urea groups is 1. The highest BCUT2D eigenvalue weighted by atomic mass is 16.2. The standard InChI is InChI=1S/C19H21N5O/c1-15(18-8-3-2-4-9-18)23-19(25)21-11-16-6-5-7-17(10-16)12-24-14-20-13-22-24/h2-10,13-15H,11-12H2,1H3,(H2,21,23,25). The first-order chi connectivity index (χ1) is 12.2. The van der Waals surface area contributed by atoms with Crippen molar-refractivity contribution in [1.82, 2.24) is 25.4 Å². The number of hydrogen-bond acceptors (Lipinski definition) is 3. The molecule has 1 unspecified atom stereocenters. The van der Waals surface area contributed by atoms with Crippen molar-refractivity contribution >= 4 is 6.03 Å². The molecule has 3 rings (SSSR count). The fourth-order valence-electron chi connectivity index (χ4n) is 2.59. The normalized spacial score (nSPS) is 11.7. The lowest BCUT2D eigenvalue weighted by atomic mass is 10.1. The lowest BCUT2D eigenvalue weighted by Gasteiger charge is -2.15. The molecule has 1 atom stereocenters. The highest BCUT2D eigenvalue weighted by Crippen LogP contribution is 2.11. The third-order valence-electron chi connectivity index (χ3n) is 3.90. The number of carbonyl (C=O) groups excluding carboxylic acids is 1. The molecule has 0 saturated heterocycles. The molecule has 0 aliphatic heterocycles. The van der Waals surface area contributed by atoms with Crippen molar-refractivity contribution in [2.24, 2.45) is 0 Å². The molecule has 1 heterocycles. The van der Waals surface area contributed by atoms with E-state index in [2.05, 4.69) is 26.8 Å². The molecular weight excluding hydrogens is 314 g/mol. The SMILES string of the molecule is CC(NC(=O)NCc1cccc(Cn2cncn2)c1)c1ccccc1. The van der Waals surface area contributed by atoms with Crippen LogP contribution in [-0.2, 0) is 13.1 Å². The topological polar surface area (TPSA) is 71.8 Å². The second-order valence-electron chi connectivity index (χ2n) is 5.87. The van der Waals surface area contributed by atoms with Crippen LogP contribution < -0.4 is 10.6 Å². The summed E-state index contributed by atoms with van der Waals surface area (Å²) in [5.41, 5.74) is 3.23. The lowest BCUT2D eigenvalue weighted by molar-refractivity contribution is 0.237. The molecule has 0 spiro atoms. The second-order valence-corrected chi connectivity index (χ2v) is 5.87. The van der Waals surface area contributed by atoms with Gasteiger partial charge < -0.3 is 10.6 Å². The van der Waals surface area contributed by atoms with Crippen LogP contribution >= 0.6 is 0 Å². The summed E-state index contributed by atoms with van der Waals surface area (Å²) in [4.78, 5) is 16.0. The van der Waals surface area contributed by atoms with Gasteiger partial charge in [0.15, 0.2) is 0 Å². The van der Waals surface area contributed by atoms with E-state index in [0.717, 1.165) is 16.7 Å². The highest BCUT2D eigenvalue weighted by molar-refractivity contribution is 5.74. The Morgan fingerprint density at radius 1 is 1.12 bits per heavy atom. The second kappa shape index (κ2) is 8.10. The molecule has 3 aromatic rings. The third-order valence-corrected chi connectivity index (χ3v) is 3.90. The van der Waals surface area contributed by atoms with Crippen molar-refractivity contribution < 1.29 is 4.79 Å². The average molecular weight is 335 g/mol. The summed E-state index contributed by atoms with van der Waals surface area (Å²) in [7, 11) is 0. The van der Waals surface area contributed by atoms with Crippen molar-refractivity contribution in [2.75, 3.05) is 0 Å². The first kappa shape index (κ1) is 16.7. The maximum Gasteiger partial charge on any atom is 0.315 e. The molecule has 0 radical (unpaired) electrons. The van der Waals surface area contributed by atoms with E-state index in [1.165, 1.54) is 6.33 Å². The first-order valence-corrected chi connectivity index (χ1v) is 8.20. The molecule has 6 heteroatoms. The Kier molecular flexibility index (Phi) is 5.41. The van der Waals surface area contributed by atoms with Crippen molar-refractivity contribution in [3.63, 3.8) is 0 Å². The van der Waals surface area contributed by atoms with Gasteiger partial charge in [0.2, 0.25) is 0 Å². The lowest BCUT2D eigenvalue weighted by Crippen LogP contribution is -2.36. The quantitative estimate of drug-likeness (QED) is 0.727. The maximum atomic E-state index is 12.1. The number of hydrogen-bond donors (Lipinski definition) is 2. The number of benzene rings is 2. The molecule has 2 amide bonds. The van der Waals surface area contributed by atoms with Crippen LogP contribution in [0.25, 0.3) is 0 Å². The first-order valence-electron chi connectivity index (χ1n) is 8.20. The molecule has 0 aliphatic rings. The van der Waals surface area contributed by atoms with Crippen LogP contribution in [0.1, 0.15) is 29.7 Å². The van der Waals surface area contributed by atoms with Crippen LogP contribution in [-0.4, -0.2) is 20.8 Å². The minimum atomic E-state index is -0.182. The van der Waals surface area contributed by atoms with E-state index in [1.54, 1.807) is 11.0 Å². The minimum Gasteiger partial charge on any atom is -0.334 e. The number of carbonyl (C=O) groups is 1. The maximum absolute atomic E-state index is 12.1. The van der Waals surface area contributed by atoms with Gasteiger partial charge in [-0.25, -0.2) is 14.5 Å². The summed E-state index contributed by atoms with van der Waals surface area (Å²) in [5.74, 6) is 0. The van der Waals surface area contributed by atoms with E-state index >= 15 is 0 Å². The van der Waals surface area contributed by atoms with Crippen LogP contribution in [0, 0.1) is 0 Å². The molecule has 25 heavy (non-hydrogen) atoms. The van der Waals surface area contributed by atoms with Gasteiger partial charge in [0.25, 0.3) is 0 Å².